The van der Waals surface area contributed by atoms with Gasteiger partial charge in [-0.05, 0) is 38.7 Å². The minimum Gasteiger partial charge on any atom is -0.404 e. The monoisotopic (exact) mass is 517 g/mol. The zero-order valence-electron chi connectivity index (χ0n) is 19.3. The van der Waals surface area contributed by atoms with Gasteiger partial charge < -0.3 is 10.5 Å². The normalized spacial score (nSPS) is 21.0. The highest BCUT2D eigenvalue weighted by Gasteiger charge is 2.29. The molecule has 1 aliphatic carbocycles. The molecule has 188 valence electrons. The zero-order chi connectivity index (χ0) is 25.6. The molecule has 0 amide bonds. The standard InChI is InChI=1S/C25H23ClF3N5O2/c1-12-22(26)25(35)34-11-20(13-4-5-36-21(6-13)14(9-30)10-31-15-2-3-15)33-23(24(34)32-12)16-7-18(28)19(29)8-17(16)27/h7-11,13,15,21H,2-6,30H2,1H3. The summed E-state index contributed by atoms with van der Waals surface area (Å²) in [4.78, 5) is 26.4. The lowest BCUT2D eigenvalue weighted by molar-refractivity contribution is 0.0320. The van der Waals surface area contributed by atoms with Gasteiger partial charge in [-0.2, -0.15) is 0 Å². The number of hydrogen-bond acceptors (Lipinski definition) is 6. The number of ether oxygens (including phenoxy) is 1. The molecule has 2 fully saturated rings. The van der Waals surface area contributed by atoms with Crippen molar-refractivity contribution in [3.05, 3.63) is 74.3 Å². The summed E-state index contributed by atoms with van der Waals surface area (Å²) in [5, 5.41) is -0.101. The van der Waals surface area contributed by atoms with E-state index in [2.05, 4.69) is 15.0 Å². The first-order chi connectivity index (χ1) is 17.3. The third-order valence-corrected chi connectivity index (χ3v) is 6.89. The SMILES string of the molecule is Cc1nc2c(-c3cc(F)c(F)cc3F)nc(C3CCOC(C(C=NC4CC4)=CN)C3)cn2c(=O)c1Cl. The number of benzene rings is 1. The molecule has 2 unspecified atom stereocenters. The molecule has 0 spiro atoms. The number of aliphatic imine (C=N–C) groups is 1. The lowest BCUT2D eigenvalue weighted by Crippen LogP contribution is -2.29. The summed E-state index contributed by atoms with van der Waals surface area (Å²) in [6.07, 6.45) is 7.50. The largest absolute Gasteiger partial charge is 0.404 e. The molecule has 2 N–H and O–H groups in total. The Morgan fingerprint density at radius 2 is 1.94 bits per heavy atom. The van der Waals surface area contributed by atoms with Gasteiger partial charge in [0.05, 0.1) is 23.5 Å². The highest BCUT2D eigenvalue weighted by atomic mass is 35.5. The van der Waals surface area contributed by atoms with Crippen LogP contribution in [-0.4, -0.2) is 39.3 Å². The zero-order valence-corrected chi connectivity index (χ0v) is 20.1. The average molecular weight is 518 g/mol. The number of nitrogens with two attached hydrogens (primary N) is 1. The van der Waals surface area contributed by atoms with E-state index in [0.29, 0.717) is 43.3 Å². The van der Waals surface area contributed by atoms with Crippen molar-refractivity contribution in [2.45, 2.75) is 50.7 Å². The van der Waals surface area contributed by atoms with E-state index in [1.807, 2.05) is 0 Å². The fourth-order valence-corrected chi connectivity index (χ4v) is 4.41. The first kappa shape index (κ1) is 24.5. The Kier molecular flexibility index (Phi) is 6.57. The van der Waals surface area contributed by atoms with Gasteiger partial charge in [-0.15, -0.1) is 0 Å². The summed E-state index contributed by atoms with van der Waals surface area (Å²) in [7, 11) is 0. The second-order valence-corrected chi connectivity index (χ2v) is 9.41. The first-order valence-electron chi connectivity index (χ1n) is 11.6. The molecule has 3 heterocycles. The van der Waals surface area contributed by atoms with Gasteiger partial charge in [0.2, 0.25) is 0 Å². The minimum atomic E-state index is -1.33. The van der Waals surface area contributed by atoms with Crippen LogP contribution in [0.5, 0.6) is 0 Å². The first-order valence-corrected chi connectivity index (χ1v) is 12.0. The molecule has 36 heavy (non-hydrogen) atoms. The molecule has 3 aromatic rings. The molecule has 1 saturated heterocycles. The van der Waals surface area contributed by atoms with Crippen molar-refractivity contribution < 1.29 is 17.9 Å². The van der Waals surface area contributed by atoms with Crippen LogP contribution in [0.1, 0.15) is 43.0 Å². The molecule has 1 saturated carbocycles. The molecular formula is C25H23ClF3N5O2. The van der Waals surface area contributed by atoms with Crippen LogP contribution in [0, 0.1) is 24.4 Å². The Bertz CT molecular complexity index is 1470. The van der Waals surface area contributed by atoms with Gasteiger partial charge in [-0.25, -0.2) is 23.1 Å². The molecule has 5 rings (SSSR count). The molecule has 2 aliphatic rings. The quantitative estimate of drug-likeness (QED) is 0.398. The van der Waals surface area contributed by atoms with E-state index in [-0.39, 0.29) is 39.6 Å². The summed E-state index contributed by atoms with van der Waals surface area (Å²) in [5.41, 5.74) is 6.22. The molecule has 2 atom stereocenters. The molecule has 0 bridgehead atoms. The van der Waals surface area contributed by atoms with E-state index < -0.39 is 23.0 Å². The van der Waals surface area contributed by atoms with Crippen molar-refractivity contribution in [1.29, 1.82) is 0 Å². The Hall–Kier alpha value is -3.24. The van der Waals surface area contributed by atoms with E-state index in [1.165, 1.54) is 23.7 Å². The van der Waals surface area contributed by atoms with E-state index in [4.69, 9.17) is 22.1 Å². The molecule has 11 heteroatoms. The van der Waals surface area contributed by atoms with Gasteiger partial charge in [0.15, 0.2) is 17.3 Å². The van der Waals surface area contributed by atoms with Crippen LogP contribution in [0.15, 0.2) is 39.9 Å². The van der Waals surface area contributed by atoms with Gasteiger partial charge in [-0.1, -0.05) is 11.6 Å². The second-order valence-electron chi connectivity index (χ2n) is 9.03. The highest BCUT2D eigenvalue weighted by molar-refractivity contribution is 6.31. The van der Waals surface area contributed by atoms with Crippen molar-refractivity contribution in [3.8, 4) is 11.3 Å². The minimum absolute atomic E-state index is 0.0155. The van der Waals surface area contributed by atoms with Gasteiger partial charge in [-0.3, -0.25) is 14.2 Å². The van der Waals surface area contributed by atoms with Crippen LogP contribution >= 0.6 is 11.6 Å². The number of aryl methyl sites for hydroxylation is 1. The summed E-state index contributed by atoms with van der Waals surface area (Å²) in [6, 6.07) is 1.48. The number of halogens is 4. The van der Waals surface area contributed by atoms with E-state index in [0.717, 1.165) is 18.4 Å². The predicted octanol–water partition coefficient (Wildman–Crippen LogP) is 4.47. The summed E-state index contributed by atoms with van der Waals surface area (Å²) < 4.78 is 49.7. The maximum absolute atomic E-state index is 14.8. The van der Waals surface area contributed by atoms with Gasteiger partial charge in [0.1, 0.15) is 16.5 Å². The van der Waals surface area contributed by atoms with Crippen LogP contribution < -0.4 is 11.3 Å². The van der Waals surface area contributed by atoms with Gasteiger partial charge in [0.25, 0.3) is 5.56 Å². The summed E-state index contributed by atoms with van der Waals surface area (Å²) in [5.74, 6) is -3.82. The molecule has 0 radical (unpaired) electrons. The fraction of sp³-hybridized carbons (Fsp3) is 0.360. The maximum atomic E-state index is 14.8. The van der Waals surface area contributed by atoms with Crippen molar-refractivity contribution in [2.75, 3.05) is 6.61 Å². The number of aromatic nitrogens is 3. The van der Waals surface area contributed by atoms with E-state index in [1.54, 1.807) is 6.21 Å². The smallest absolute Gasteiger partial charge is 0.277 e. The third-order valence-electron chi connectivity index (χ3n) is 6.45. The van der Waals surface area contributed by atoms with Gasteiger partial charge in [0, 0.05) is 48.3 Å². The third kappa shape index (κ3) is 4.62. The van der Waals surface area contributed by atoms with Crippen LogP contribution in [0.25, 0.3) is 16.9 Å². The topological polar surface area (TPSA) is 94.9 Å². The predicted molar refractivity (Wildman–Crippen MR) is 130 cm³/mol. The lowest BCUT2D eigenvalue weighted by Gasteiger charge is -2.30. The van der Waals surface area contributed by atoms with E-state index in [9.17, 15) is 18.0 Å². The van der Waals surface area contributed by atoms with Crippen molar-refractivity contribution in [1.82, 2.24) is 14.4 Å². The van der Waals surface area contributed by atoms with E-state index >= 15 is 0 Å². The Labute approximate surface area is 209 Å². The van der Waals surface area contributed by atoms with Crippen LogP contribution in [-0.2, 0) is 4.74 Å². The summed E-state index contributed by atoms with van der Waals surface area (Å²) >= 11 is 6.16. The lowest BCUT2D eigenvalue weighted by atomic mass is 9.89. The van der Waals surface area contributed by atoms with Crippen molar-refractivity contribution in [3.63, 3.8) is 0 Å². The molecule has 1 aromatic carbocycles. The number of fused-ring (bicyclic) bond motifs is 1. The Morgan fingerprint density at radius 1 is 1.19 bits per heavy atom. The van der Waals surface area contributed by atoms with Crippen molar-refractivity contribution >= 4 is 23.5 Å². The maximum Gasteiger partial charge on any atom is 0.277 e. The number of hydrogen-bond donors (Lipinski definition) is 1. The number of rotatable bonds is 5. The molecule has 7 nitrogen and oxygen atoms in total. The average Bonchev–Trinajstić information content (AvgIpc) is 3.70. The van der Waals surface area contributed by atoms with Gasteiger partial charge >= 0.3 is 0 Å². The summed E-state index contributed by atoms with van der Waals surface area (Å²) in [6.45, 7) is 1.91. The highest BCUT2D eigenvalue weighted by Crippen LogP contribution is 2.35. The molecule has 1 aliphatic heterocycles. The Balaban J connectivity index is 1.62. The number of nitrogens with zero attached hydrogens (tertiary/aromatic N) is 4. The van der Waals surface area contributed by atoms with Crippen LogP contribution in [0.4, 0.5) is 13.2 Å². The fourth-order valence-electron chi connectivity index (χ4n) is 4.27. The second kappa shape index (κ2) is 9.67. The molecular weight excluding hydrogens is 495 g/mol. The van der Waals surface area contributed by atoms with Crippen molar-refractivity contribution in [2.24, 2.45) is 10.7 Å². The Morgan fingerprint density at radius 3 is 2.67 bits per heavy atom. The van der Waals surface area contributed by atoms with Crippen LogP contribution in [0.3, 0.4) is 0 Å². The molecule has 2 aromatic heterocycles. The van der Waals surface area contributed by atoms with Crippen LogP contribution in [0.2, 0.25) is 5.02 Å².